The average molecular weight is 424 g/mol. The average Bonchev–Trinajstić information content (AvgIpc) is 3.05. The number of carbonyl (C=O) groups excluding carboxylic acids is 2. The van der Waals surface area contributed by atoms with Gasteiger partial charge in [-0.25, -0.2) is 0 Å². The van der Waals surface area contributed by atoms with Crippen LogP contribution in [-0.2, 0) is 16.1 Å². The molecule has 2 aromatic carbocycles. The summed E-state index contributed by atoms with van der Waals surface area (Å²) >= 11 is 5.92. The van der Waals surface area contributed by atoms with E-state index in [4.69, 9.17) is 11.6 Å². The van der Waals surface area contributed by atoms with Crippen molar-refractivity contribution in [3.8, 4) is 0 Å². The molecule has 0 aliphatic carbocycles. The lowest BCUT2D eigenvalue weighted by Crippen LogP contribution is -2.52. The number of imide groups is 1. The molecule has 2 aliphatic rings. The molecule has 2 aromatic rings. The number of carbonyl (C=O) groups is 2. The maximum atomic E-state index is 12.9. The number of hydrogen-bond acceptors (Lipinski definition) is 4. The van der Waals surface area contributed by atoms with Crippen molar-refractivity contribution in [1.82, 2.24) is 14.7 Å². The number of nitrogens with zero attached hydrogens (tertiary/aromatic N) is 3. The molecule has 0 N–H and O–H groups in total. The summed E-state index contributed by atoms with van der Waals surface area (Å²) in [7, 11) is 0. The molecule has 1 unspecified atom stereocenters. The Kier molecular flexibility index (Phi) is 6.62. The molecule has 2 saturated heterocycles. The minimum atomic E-state index is -0.327. The first-order valence-electron chi connectivity index (χ1n) is 10.4. The minimum Gasteiger partial charge on any atom is -0.297 e. The summed E-state index contributed by atoms with van der Waals surface area (Å²) in [5.74, 6) is -0.166. The number of benzene rings is 2. The third-order valence-corrected chi connectivity index (χ3v) is 6.05. The van der Waals surface area contributed by atoms with Gasteiger partial charge in [0.1, 0.15) is 0 Å². The summed E-state index contributed by atoms with van der Waals surface area (Å²) in [6, 6.07) is 17.2. The summed E-state index contributed by atoms with van der Waals surface area (Å²) in [6.45, 7) is 4.61. The molecule has 0 radical (unpaired) electrons. The lowest BCUT2D eigenvalue weighted by Gasteiger charge is -2.36. The van der Waals surface area contributed by atoms with Gasteiger partial charge in [-0.05, 0) is 23.3 Å². The highest BCUT2D eigenvalue weighted by molar-refractivity contribution is 6.30. The van der Waals surface area contributed by atoms with E-state index in [2.05, 4.69) is 34.1 Å². The monoisotopic (exact) mass is 423 g/mol. The van der Waals surface area contributed by atoms with Crippen LogP contribution < -0.4 is 0 Å². The van der Waals surface area contributed by atoms with Gasteiger partial charge in [0.2, 0.25) is 11.8 Å². The first kappa shape index (κ1) is 20.8. The standard InChI is InChI=1S/C24H26ClN3O2/c25-21-10-8-20(9-11-21)18-28-23(29)17-22(24(28)30)27-15-13-26(14-16-27)12-4-7-19-5-2-1-3-6-19/h1-11,22H,12-18H2/b7-4+. The van der Waals surface area contributed by atoms with Crippen molar-refractivity contribution < 1.29 is 9.59 Å². The van der Waals surface area contributed by atoms with E-state index >= 15 is 0 Å². The van der Waals surface area contributed by atoms with E-state index in [0.29, 0.717) is 11.6 Å². The molecular weight excluding hydrogens is 398 g/mol. The quantitative estimate of drug-likeness (QED) is 0.669. The molecule has 0 aromatic heterocycles. The first-order valence-corrected chi connectivity index (χ1v) is 10.7. The summed E-state index contributed by atoms with van der Waals surface area (Å²) in [5, 5.41) is 0.646. The Morgan fingerprint density at radius 3 is 2.33 bits per heavy atom. The van der Waals surface area contributed by atoms with Crippen LogP contribution in [0.4, 0.5) is 0 Å². The third-order valence-electron chi connectivity index (χ3n) is 5.80. The van der Waals surface area contributed by atoms with Gasteiger partial charge in [-0.1, -0.05) is 66.2 Å². The summed E-state index contributed by atoms with van der Waals surface area (Å²) in [6.07, 6.45) is 4.60. The highest BCUT2D eigenvalue weighted by atomic mass is 35.5. The Morgan fingerprint density at radius 2 is 1.63 bits per heavy atom. The predicted octanol–water partition coefficient (Wildman–Crippen LogP) is 3.30. The van der Waals surface area contributed by atoms with Crippen molar-refractivity contribution in [1.29, 1.82) is 0 Å². The Morgan fingerprint density at radius 1 is 0.933 bits per heavy atom. The van der Waals surface area contributed by atoms with Crippen LogP contribution in [0.1, 0.15) is 17.5 Å². The van der Waals surface area contributed by atoms with Gasteiger partial charge < -0.3 is 0 Å². The van der Waals surface area contributed by atoms with E-state index < -0.39 is 0 Å². The molecule has 30 heavy (non-hydrogen) atoms. The van der Waals surface area contributed by atoms with Crippen LogP contribution in [0, 0.1) is 0 Å². The zero-order valence-electron chi connectivity index (χ0n) is 16.9. The number of halogens is 1. The van der Waals surface area contributed by atoms with Crippen LogP contribution in [0.15, 0.2) is 60.7 Å². The summed E-state index contributed by atoms with van der Waals surface area (Å²) in [5.41, 5.74) is 2.11. The fraction of sp³-hybridized carbons (Fsp3) is 0.333. The van der Waals surface area contributed by atoms with Gasteiger partial charge >= 0.3 is 0 Å². The molecule has 2 heterocycles. The topological polar surface area (TPSA) is 43.9 Å². The Balaban J connectivity index is 1.28. The van der Waals surface area contributed by atoms with E-state index in [1.54, 1.807) is 12.1 Å². The van der Waals surface area contributed by atoms with Crippen molar-refractivity contribution in [2.24, 2.45) is 0 Å². The van der Waals surface area contributed by atoms with Gasteiger partial charge in [0.05, 0.1) is 19.0 Å². The van der Waals surface area contributed by atoms with E-state index in [1.165, 1.54) is 10.5 Å². The van der Waals surface area contributed by atoms with Crippen LogP contribution in [0.2, 0.25) is 5.02 Å². The molecule has 156 valence electrons. The Hall–Kier alpha value is -2.47. The molecule has 2 aliphatic heterocycles. The molecule has 0 bridgehead atoms. The molecular formula is C24H26ClN3O2. The molecule has 4 rings (SSSR count). The number of hydrogen-bond donors (Lipinski definition) is 0. The van der Waals surface area contributed by atoms with Crippen LogP contribution >= 0.6 is 11.6 Å². The molecule has 5 nitrogen and oxygen atoms in total. The van der Waals surface area contributed by atoms with E-state index in [-0.39, 0.29) is 24.3 Å². The van der Waals surface area contributed by atoms with E-state index in [9.17, 15) is 9.59 Å². The molecule has 2 fully saturated rings. The van der Waals surface area contributed by atoms with Crippen LogP contribution in [-0.4, -0.2) is 65.3 Å². The molecule has 6 heteroatoms. The number of rotatable bonds is 6. The number of piperazine rings is 1. The van der Waals surface area contributed by atoms with Gasteiger partial charge in [0.15, 0.2) is 0 Å². The van der Waals surface area contributed by atoms with Gasteiger partial charge in [-0.3, -0.25) is 24.3 Å². The first-order chi connectivity index (χ1) is 14.6. The number of likely N-dealkylation sites (tertiary alicyclic amines) is 1. The third kappa shape index (κ3) is 4.98. The molecule has 1 atom stereocenters. The smallest absolute Gasteiger partial charge is 0.247 e. The molecule has 2 amide bonds. The van der Waals surface area contributed by atoms with Gasteiger partial charge in [-0.15, -0.1) is 0 Å². The largest absolute Gasteiger partial charge is 0.297 e. The van der Waals surface area contributed by atoms with Crippen molar-refractivity contribution in [2.75, 3.05) is 32.7 Å². The van der Waals surface area contributed by atoms with E-state index in [0.717, 1.165) is 38.3 Å². The predicted molar refractivity (Wildman–Crippen MR) is 119 cm³/mol. The zero-order valence-corrected chi connectivity index (χ0v) is 17.7. The Bertz CT molecular complexity index is 906. The van der Waals surface area contributed by atoms with Crippen molar-refractivity contribution in [2.45, 2.75) is 19.0 Å². The summed E-state index contributed by atoms with van der Waals surface area (Å²) in [4.78, 5) is 31.3. The molecule has 0 saturated carbocycles. The van der Waals surface area contributed by atoms with Gasteiger partial charge in [0, 0.05) is 37.7 Å². The highest BCUT2D eigenvalue weighted by Crippen LogP contribution is 2.23. The second kappa shape index (κ2) is 9.56. The van der Waals surface area contributed by atoms with Crippen molar-refractivity contribution in [3.05, 3.63) is 76.8 Å². The van der Waals surface area contributed by atoms with Crippen LogP contribution in [0.5, 0.6) is 0 Å². The lowest BCUT2D eigenvalue weighted by molar-refractivity contribution is -0.140. The molecule has 0 spiro atoms. The number of amides is 2. The van der Waals surface area contributed by atoms with Crippen LogP contribution in [0.3, 0.4) is 0 Å². The highest BCUT2D eigenvalue weighted by Gasteiger charge is 2.42. The fourth-order valence-corrected chi connectivity index (χ4v) is 4.18. The van der Waals surface area contributed by atoms with Gasteiger partial charge in [0.25, 0.3) is 0 Å². The minimum absolute atomic E-state index is 0.0765. The second-order valence-corrected chi connectivity index (χ2v) is 8.25. The fourth-order valence-electron chi connectivity index (χ4n) is 4.05. The van der Waals surface area contributed by atoms with E-state index in [1.807, 2.05) is 30.3 Å². The van der Waals surface area contributed by atoms with Gasteiger partial charge in [-0.2, -0.15) is 0 Å². The second-order valence-electron chi connectivity index (χ2n) is 7.81. The maximum Gasteiger partial charge on any atom is 0.247 e. The van der Waals surface area contributed by atoms with Crippen molar-refractivity contribution >= 4 is 29.5 Å². The SMILES string of the molecule is O=C1CC(N2CCN(C/C=C/c3ccccc3)CC2)C(=O)N1Cc1ccc(Cl)cc1. The normalized spacial score (nSPS) is 21.1. The van der Waals surface area contributed by atoms with Crippen molar-refractivity contribution in [3.63, 3.8) is 0 Å². The van der Waals surface area contributed by atoms with Crippen LogP contribution in [0.25, 0.3) is 6.08 Å². The zero-order chi connectivity index (χ0) is 20.9. The Labute approximate surface area is 182 Å². The lowest BCUT2D eigenvalue weighted by atomic mass is 10.1. The maximum absolute atomic E-state index is 12.9. The summed E-state index contributed by atoms with van der Waals surface area (Å²) < 4.78 is 0.